The highest BCUT2D eigenvalue weighted by molar-refractivity contribution is 5.77. The summed E-state index contributed by atoms with van der Waals surface area (Å²) in [5, 5.41) is 3.19. The van der Waals surface area contributed by atoms with E-state index in [0.29, 0.717) is 18.0 Å². The van der Waals surface area contributed by atoms with Gasteiger partial charge in [-0.2, -0.15) is 0 Å². The summed E-state index contributed by atoms with van der Waals surface area (Å²) in [6.07, 6.45) is 3.59. The van der Waals surface area contributed by atoms with Gasteiger partial charge >= 0.3 is 0 Å². The Kier molecular flexibility index (Phi) is 2.87. The van der Waals surface area contributed by atoms with Crippen molar-refractivity contribution in [3.63, 3.8) is 0 Å². The maximum atomic E-state index is 13.1. The number of hydrogen-bond donors (Lipinski definition) is 2. The second-order valence-corrected chi connectivity index (χ2v) is 4.40. The number of aryl methyl sites for hydroxylation is 1. The third-order valence-electron chi connectivity index (χ3n) is 3.03. The average Bonchev–Trinajstić information content (AvgIpc) is 2.79. The zero-order valence-electron chi connectivity index (χ0n) is 10.4. The van der Waals surface area contributed by atoms with Crippen molar-refractivity contribution in [3.8, 4) is 0 Å². The lowest BCUT2D eigenvalue weighted by molar-refractivity contribution is 0.629. The number of hydrogen-bond acceptors (Lipinski definition) is 3. The van der Waals surface area contributed by atoms with E-state index in [-0.39, 0.29) is 5.82 Å². The first-order valence-electron chi connectivity index (χ1n) is 6.01. The predicted molar refractivity (Wildman–Crippen MR) is 72.4 cm³/mol. The van der Waals surface area contributed by atoms with Gasteiger partial charge in [0.2, 0.25) is 5.95 Å². The normalized spacial score (nSPS) is 10.8. The fraction of sp³-hybridized carbons (Fsp3) is 0.143. The molecule has 0 atom stereocenters. The van der Waals surface area contributed by atoms with E-state index in [2.05, 4.69) is 20.3 Å². The minimum Gasteiger partial charge on any atom is -0.352 e. The molecule has 2 heterocycles. The highest BCUT2D eigenvalue weighted by Crippen LogP contribution is 2.16. The molecule has 0 aliphatic carbocycles. The van der Waals surface area contributed by atoms with E-state index in [0.717, 1.165) is 16.6 Å². The lowest BCUT2D eigenvalue weighted by Gasteiger charge is -2.05. The number of nitrogens with one attached hydrogen (secondary N) is 2. The molecule has 19 heavy (non-hydrogen) atoms. The van der Waals surface area contributed by atoms with Crippen LogP contribution in [0.5, 0.6) is 0 Å². The Balaban J connectivity index is 1.80. The number of rotatable bonds is 3. The van der Waals surface area contributed by atoms with Gasteiger partial charge < -0.3 is 10.3 Å². The molecule has 0 bridgehead atoms. The number of H-pyrrole nitrogens is 1. The monoisotopic (exact) mass is 256 g/mol. The van der Waals surface area contributed by atoms with Gasteiger partial charge in [0.05, 0.1) is 11.0 Å². The van der Waals surface area contributed by atoms with Crippen LogP contribution in [0.2, 0.25) is 0 Å². The first-order valence-corrected chi connectivity index (χ1v) is 6.01. The second-order valence-electron chi connectivity index (χ2n) is 4.40. The summed E-state index contributed by atoms with van der Waals surface area (Å²) in [5.41, 5.74) is 3.71. The standard InChI is InChI=1S/C14H13FN4/c1-9-7-16-5-4-10(9)8-17-14-18-12-3-2-11(15)6-13(12)19-14/h2-7H,8H2,1H3,(H2,17,18,19). The molecule has 3 aromatic rings. The molecule has 3 rings (SSSR count). The van der Waals surface area contributed by atoms with Gasteiger partial charge in [0.15, 0.2) is 0 Å². The van der Waals surface area contributed by atoms with Crippen molar-refractivity contribution >= 4 is 17.0 Å². The number of aromatic nitrogens is 3. The molecule has 0 saturated carbocycles. The molecule has 96 valence electrons. The van der Waals surface area contributed by atoms with Crippen LogP contribution in [0, 0.1) is 12.7 Å². The third-order valence-corrected chi connectivity index (χ3v) is 3.03. The Hall–Kier alpha value is -2.43. The largest absolute Gasteiger partial charge is 0.352 e. The van der Waals surface area contributed by atoms with E-state index in [9.17, 15) is 4.39 Å². The Bertz CT molecular complexity index is 720. The zero-order valence-corrected chi connectivity index (χ0v) is 10.4. The number of fused-ring (bicyclic) bond motifs is 1. The van der Waals surface area contributed by atoms with Gasteiger partial charge in [0, 0.05) is 18.9 Å². The van der Waals surface area contributed by atoms with Crippen molar-refractivity contribution in [1.82, 2.24) is 15.0 Å². The van der Waals surface area contributed by atoms with Crippen molar-refractivity contribution in [2.24, 2.45) is 0 Å². The van der Waals surface area contributed by atoms with Crippen molar-refractivity contribution in [2.75, 3.05) is 5.32 Å². The summed E-state index contributed by atoms with van der Waals surface area (Å²) >= 11 is 0. The van der Waals surface area contributed by atoms with Crippen LogP contribution in [0.3, 0.4) is 0 Å². The fourth-order valence-corrected chi connectivity index (χ4v) is 1.95. The maximum Gasteiger partial charge on any atom is 0.201 e. The van der Waals surface area contributed by atoms with Crippen molar-refractivity contribution in [2.45, 2.75) is 13.5 Å². The summed E-state index contributed by atoms with van der Waals surface area (Å²) in [6, 6.07) is 6.46. The predicted octanol–water partition coefficient (Wildman–Crippen LogP) is 3.02. The van der Waals surface area contributed by atoms with Crippen LogP contribution in [0.15, 0.2) is 36.7 Å². The van der Waals surface area contributed by atoms with Gasteiger partial charge in [-0.1, -0.05) is 0 Å². The molecule has 0 aliphatic heterocycles. The van der Waals surface area contributed by atoms with Crippen LogP contribution in [0.4, 0.5) is 10.3 Å². The molecule has 0 unspecified atom stereocenters. The molecular weight excluding hydrogens is 243 g/mol. The molecule has 2 aromatic heterocycles. The molecular formula is C14H13FN4. The van der Waals surface area contributed by atoms with E-state index in [4.69, 9.17) is 0 Å². The molecule has 0 saturated heterocycles. The van der Waals surface area contributed by atoms with E-state index in [1.54, 1.807) is 12.3 Å². The fourth-order valence-electron chi connectivity index (χ4n) is 1.95. The first kappa shape index (κ1) is 11.6. The molecule has 5 heteroatoms. The molecule has 0 aliphatic rings. The molecule has 0 radical (unpaired) electrons. The van der Waals surface area contributed by atoms with Gasteiger partial charge in [0.1, 0.15) is 5.82 Å². The van der Waals surface area contributed by atoms with Crippen LogP contribution in [-0.2, 0) is 6.54 Å². The molecule has 4 nitrogen and oxygen atoms in total. The Morgan fingerprint density at radius 1 is 1.32 bits per heavy atom. The van der Waals surface area contributed by atoms with Crippen LogP contribution in [-0.4, -0.2) is 15.0 Å². The lowest BCUT2D eigenvalue weighted by atomic mass is 10.1. The Labute approximate surface area is 109 Å². The van der Waals surface area contributed by atoms with E-state index < -0.39 is 0 Å². The molecule has 0 fully saturated rings. The minimum atomic E-state index is -0.271. The SMILES string of the molecule is Cc1cnccc1CNc1nc2ccc(F)cc2[nH]1. The van der Waals surface area contributed by atoms with Gasteiger partial charge in [-0.25, -0.2) is 9.37 Å². The highest BCUT2D eigenvalue weighted by Gasteiger charge is 2.04. The van der Waals surface area contributed by atoms with Gasteiger partial charge in [-0.3, -0.25) is 4.98 Å². The van der Waals surface area contributed by atoms with E-state index in [1.165, 1.54) is 12.1 Å². The topological polar surface area (TPSA) is 53.6 Å². The third kappa shape index (κ3) is 2.40. The maximum absolute atomic E-state index is 13.1. The molecule has 2 N–H and O–H groups in total. The number of anilines is 1. The van der Waals surface area contributed by atoms with Gasteiger partial charge in [-0.15, -0.1) is 0 Å². The van der Waals surface area contributed by atoms with Crippen LogP contribution in [0.1, 0.15) is 11.1 Å². The smallest absolute Gasteiger partial charge is 0.201 e. The van der Waals surface area contributed by atoms with Crippen LogP contribution in [0.25, 0.3) is 11.0 Å². The first-order chi connectivity index (χ1) is 9.22. The average molecular weight is 256 g/mol. The molecule has 0 amide bonds. The summed E-state index contributed by atoms with van der Waals surface area (Å²) in [5.74, 6) is 0.365. The van der Waals surface area contributed by atoms with Crippen molar-refractivity contribution in [1.29, 1.82) is 0 Å². The zero-order chi connectivity index (χ0) is 13.2. The van der Waals surface area contributed by atoms with Crippen molar-refractivity contribution < 1.29 is 4.39 Å². The number of imidazole rings is 1. The number of nitrogens with zero attached hydrogens (tertiary/aromatic N) is 2. The Morgan fingerprint density at radius 3 is 3.05 bits per heavy atom. The molecule has 1 aromatic carbocycles. The van der Waals surface area contributed by atoms with Crippen LogP contribution < -0.4 is 5.32 Å². The summed E-state index contributed by atoms with van der Waals surface area (Å²) in [7, 11) is 0. The summed E-state index contributed by atoms with van der Waals surface area (Å²) in [6.45, 7) is 2.66. The number of halogens is 1. The van der Waals surface area contributed by atoms with Crippen LogP contribution >= 0.6 is 0 Å². The minimum absolute atomic E-state index is 0.271. The summed E-state index contributed by atoms with van der Waals surface area (Å²) in [4.78, 5) is 11.4. The van der Waals surface area contributed by atoms with Crippen molar-refractivity contribution in [3.05, 3.63) is 53.6 Å². The highest BCUT2D eigenvalue weighted by atomic mass is 19.1. The number of pyridine rings is 1. The van der Waals surface area contributed by atoms with E-state index >= 15 is 0 Å². The number of benzene rings is 1. The van der Waals surface area contributed by atoms with E-state index in [1.807, 2.05) is 19.2 Å². The van der Waals surface area contributed by atoms with Gasteiger partial charge in [-0.05, 0) is 42.3 Å². The quantitative estimate of drug-likeness (QED) is 0.757. The lowest BCUT2D eigenvalue weighted by Crippen LogP contribution is -2.02. The van der Waals surface area contributed by atoms with Gasteiger partial charge in [0.25, 0.3) is 0 Å². The second kappa shape index (κ2) is 4.68. The Morgan fingerprint density at radius 2 is 2.21 bits per heavy atom. The number of aromatic amines is 1. The summed E-state index contributed by atoms with van der Waals surface area (Å²) < 4.78 is 13.1. The molecule has 0 spiro atoms.